The zero-order chi connectivity index (χ0) is 9.97. The van der Waals surface area contributed by atoms with Crippen LogP contribution in [0.15, 0.2) is 15.9 Å². The van der Waals surface area contributed by atoms with Crippen LogP contribution in [0.4, 0.5) is 0 Å². The standard InChI is InChI=1S/C11H16BrNS/c1-8-2-3-10(4-8)13-6-11-5-9(12)7-14-11/h5,7-8,10,13H,2-4,6H2,1H3/t8-,10-/m1/s1. The number of nitrogens with one attached hydrogen (secondary N) is 1. The van der Waals surface area contributed by atoms with Crippen LogP contribution in [0.3, 0.4) is 0 Å². The van der Waals surface area contributed by atoms with Crippen molar-refractivity contribution in [3.8, 4) is 0 Å². The molecule has 1 nitrogen and oxygen atoms in total. The Balaban J connectivity index is 1.77. The molecule has 0 aromatic carbocycles. The number of thiophene rings is 1. The van der Waals surface area contributed by atoms with Crippen LogP contribution in [0.5, 0.6) is 0 Å². The summed E-state index contributed by atoms with van der Waals surface area (Å²) in [7, 11) is 0. The van der Waals surface area contributed by atoms with Crippen molar-refractivity contribution < 1.29 is 0 Å². The Hall–Kier alpha value is 0.140. The van der Waals surface area contributed by atoms with E-state index in [0.29, 0.717) is 0 Å². The van der Waals surface area contributed by atoms with Crippen LogP contribution >= 0.6 is 27.3 Å². The summed E-state index contributed by atoms with van der Waals surface area (Å²) >= 11 is 5.30. The molecule has 1 aliphatic rings. The van der Waals surface area contributed by atoms with E-state index in [-0.39, 0.29) is 0 Å². The van der Waals surface area contributed by atoms with E-state index >= 15 is 0 Å². The van der Waals surface area contributed by atoms with Crippen molar-refractivity contribution >= 4 is 27.3 Å². The first-order chi connectivity index (χ1) is 6.74. The Bertz CT molecular complexity index is 297. The van der Waals surface area contributed by atoms with Crippen molar-refractivity contribution in [2.24, 2.45) is 5.92 Å². The third-order valence-electron chi connectivity index (χ3n) is 2.88. The second-order valence-electron chi connectivity index (χ2n) is 4.23. The molecule has 0 saturated heterocycles. The third-order valence-corrected chi connectivity index (χ3v) is 4.58. The Morgan fingerprint density at radius 1 is 1.57 bits per heavy atom. The van der Waals surface area contributed by atoms with E-state index in [1.54, 1.807) is 0 Å². The van der Waals surface area contributed by atoms with Crippen LogP contribution in [0, 0.1) is 5.92 Å². The van der Waals surface area contributed by atoms with Gasteiger partial charge in [-0.2, -0.15) is 0 Å². The number of halogens is 1. The smallest absolute Gasteiger partial charge is 0.0302 e. The quantitative estimate of drug-likeness (QED) is 0.884. The van der Waals surface area contributed by atoms with Gasteiger partial charge in [-0.05, 0) is 47.2 Å². The average molecular weight is 274 g/mol. The van der Waals surface area contributed by atoms with Gasteiger partial charge < -0.3 is 5.32 Å². The third kappa shape index (κ3) is 2.81. The molecule has 0 aliphatic heterocycles. The van der Waals surface area contributed by atoms with Gasteiger partial charge >= 0.3 is 0 Å². The summed E-state index contributed by atoms with van der Waals surface area (Å²) in [6.07, 6.45) is 4.10. The monoisotopic (exact) mass is 273 g/mol. The number of hydrogen-bond donors (Lipinski definition) is 1. The second kappa shape index (κ2) is 4.77. The lowest BCUT2D eigenvalue weighted by Crippen LogP contribution is -2.25. The van der Waals surface area contributed by atoms with E-state index in [1.807, 2.05) is 11.3 Å². The first kappa shape index (κ1) is 10.7. The summed E-state index contributed by atoms with van der Waals surface area (Å²) in [5.74, 6) is 0.919. The normalized spacial score (nSPS) is 27.0. The molecule has 0 radical (unpaired) electrons. The van der Waals surface area contributed by atoms with E-state index in [1.165, 1.54) is 28.6 Å². The van der Waals surface area contributed by atoms with Gasteiger partial charge in [0, 0.05) is 27.3 Å². The molecular formula is C11H16BrNS. The van der Waals surface area contributed by atoms with Crippen LogP contribution in [0.2, 0.25) is 0 Å². The van der Waals surface area contributed by atoms with Crippen molar-refractivity contribution in [1.82, 2.24) is 5.32 Å². The number of hydrogen-bond acceptors (Lipinski definition) is 2. The maximum absolute atomic E-state index is 3.63. The number of rotatable bonds is 3. The van der Waals surface area contributed by atoms with E-state index in [4.69, 9.17) is 0 Å². The van der Waals surface area contributed by atoms with E-state index in [2.05, 4.69) is 39.6 Å². The molecule has 2 rings (SSSR count). The minimum atomic E-state index is 0.755. The topological polar surface area (TPSA) is 12.0 Å². The maximum atomic E-state index is 3.63. The molecule has 0 unspecified atom stereocenters. The molecule has 1 fully saturated rings. The van der Waals surface area contributed by atoms with Crippen LogP contribution in [0.1, 0.15) is 31.1 Å². The molecule has 1 aromatic rings. The van der Waals surface area contributed by atoms with Crippen molar-refractivity contribution in [1.29, 1.82) is 0 Å². The van der Waals surface area contributed by atoms with Crippen LogP contribution in [0.25, 0.3) is 0 Å². The highest BCUT2D eigenvalue weighted by Gasteiger charge is 2.20. The largest absolute Gasteiger partial charge is 0.309 e. The highest BCUT2D eigenvalue weighted by Crippen LogP contribution is 2.25. The highest BCUT2D eigenvalue weighted by atomic mass is 79.9. The Morgan fingerprint density at radius 3 is 3.00 bits per heavy atom. The van der Waals surface area contributed by atoms with Crippen molar-refractivity contribution in [2.45, 2.75) is 38.8 Å². The molecule has 0 amide bonds. The van der Waals surface area contributed by atoms with Gasteiger partial charge in [0.25, 0.3) is 0 Å². The lowest BCUT2D eigenvalue weighted by atomic mass is 10.1. The van der Waals surface area contributed by atoms with Gasteiger partial charge in [0.2, 0.25) is 0 Å². The Labute approximate surface area is 98.0 Å². The van der Waals surface area contributed by atoms with Gasteiger partial charge in [-0.15, -0.1) is 11.3 Å². The van der Waals surface area contributed by atoms with Crippen LogP contribution in [-0.2, 0) is 6.54 Å². The average Bonchev–Trinajstić information content (AvgIpc) is 2.72. The van der Waals surface area contributed by atoms with E-state index in [9.17, 15) is 0 Å². The molecular weight excluding hydrogens is 258 g/mol. The van der Waals surface area contributed by atoms with Gasteiger partial charge in [0.1, 0.15) is 0 Å². The Kier molecular flexibility index (Phi) is 3.63. The van der Waals surface area contributed by atoms with Crippen molar-refractivity contribution in [2.75, 3.05) is 0 Å². The molecule has 0 bridgehead atoms. The maximum Gasteiger partial charge on any atom is 0.0302 e. The van der Waals surface area contributed by atoms with Crippen LogP contribution < -0.4 is 5.32 Å². The predicted octanol–water partition coefficient (Wildman–Crippen LogP) is 3.79. The molecule has 1 heterocycles. The van der Waals surface area contributed by atoms with Crippen LogP contribution in [-0.4, -0.2) is 6.04 Å². The van der Waals surface area contributed by atoms with Gasteiger partial charge in [0.05, 0.1) is 0 Å². The van der Waals surface area contributed by atoms with Gasteiger partial charge in [0.15, 0.2) is 0 Å². The Morgan fingerprint density at radius 2 is 2.43 bits per heavy atom. The first-order valence-electron chi connectivity index (χ1n) is 5.20. The molecule has 1 saturated carbocycles. The summed E-state index contributed by atoms with van der Waals surface area (Å²) in [6, 6.07) is 2.96. The predicted molar refractivity (Wildman–Crippen MR) is 65.7 cm³/mol. The summed E-state index contributed by atoms with van der Waals surface area (Å²) in [5.41, 5.74) is 0. The lowest BCUT2D eigenvalue weighted by Gasteiger charge is -2.10. The molecule has 1 N–H and O–H groups in total. The van der Waals surface area contributed by atoms with Gasteiger partial charge in [-0.3, -0.25) is 0 Å². The lowest BCUT2D eigenvalue weighted by molar-refractivity contribution is 0.504. The van der Waals surface area contributed by atoms with Gasteiger partial charge in [-0.25, -0.2) is 0 Å². The minimum Gasteiger partial charge on any atom is -0.309 e. The van der Waals surface area contributed by atoms with Gasteiger partial charge in [-0.1, -0.05) is 6.92 Å². The second-order valence-corrected chi connectivity index (χ2v) is 6.14. The van der Waals surface area contributed by atoms with E-state index < -0.39 is 0 Å². The molecule has 2 atom stereocenters. The summed E-state index contributed by atoms with van der Waals surface area (Å²) in [6.45, 7) is 3.39. The summed E-state index contributed by atoms with van der Waals surface area (Å²) in [4.78, 5) is 1.43. The SMILES string of the molecule is C[C@@H]1CC[C@@H](NCc2cc(Br)cs2)C1. The fraction of sp³-hybridized carbons (Fsp3) is 0.636. The fourth-order valence-electron chi connectivity index (χ4n) is 2.08. The highest BCUT2D eigenvalue weighted by molar-refractivity contribution is 9.10. The zero-order valence-electron chi connectivity index (χ0n) is 8.42. The molecule has 1 aliphatic carbocycles. The molecule has 3 heteroatoms. The minimum absolute atomic E-state index is 0.755. The van der Waals surface area contributed by atoms with Crippen molar-refractivity contribution in [3.63, 3.8) is 0 Å². The summed E-state index contributed by atoms with van der Waals surface area (Å²) in [5, 5.41) is 5.78. The zero-order valence-corrected chi connectivity index (χ0v) is 10.8. The molecule has 1 aromatic heterocycles. The summed E-state index contributed by atoms with van der Waals surface area (Å²) < 4.78 is 1.21. The first-order valence-corrected chi connectivity index (χ1v) is 6.87. The fourth-order valence-corrected chi connectivity index (χ4v) is 3.49. The van der Waals surface area contributed by atoms with E-state index in [0.717, 1.165) is 18.5 Å². The van der Waals surface area contributed by atoms with Crippen molar-refractivity contribution in [3.05, 3.63) is 20.8 Å². The molecule has 78 valence electrons. The molecule has 0 spiro atoms. The molecule has 14 heavy (non-hydrogen) atoms.